The molecule has 0 aliphatic rings. The van der Waals surface area contributed by atoms with Gasteiger partial charge in [-0.1, -0.05) is 18.2 Å². The summed E-state index contributed by atoms with van der Waals surface area (Å²) in [5.41, 5.74) is 0.870. The molecule has 0 amide bonds. The molecule has 2 N–H and O–H groups in total. The number of benzene rings is 1. The summed E-state index contributed by atoms with van der Waals surface area (Å²) in [6.07, 6.45) is 0. The van der Waals surface area contributed by atoms with Gasteiger partial charge in [0, 0.05) is 32.8 Å². The average Bonchev–Trinajstić information content (AvgIpc) is 2.49. The van der Waals surface area contributed by atoms with Crippen LogP contribution in [0.2, 0.25) is 0 Å². The van der Waals surface area contributed by atoms with E-state index in [1.54, 1.807) is 14.2 Å². The summed E-state index contributed by atoms with van der Waals surface area (Å²) in [5, 5.41) is 6.54. The van der Waals surface area contributed by atoms with E-state index in [-0.39, 0.29) is 29.6 Å². The maximum Gasteiger partial charge on any atom is 0.191 e. The van der Waals surface area contributed by atoms with Crippen molar-refractivity contribution in [1.29, 1.82) is 0 Å². The van der Waals surface area contributed by atoms with Gasteiger partial charge < -0.3 is 20.1 Å². The molecule has 6 heteroatoms. The highest BCUT2D eigenvalue weighted by Crippen LogP contribution is 2.17. The second-order valence-corrected chi connectivity index (χ2v) is 5.28. The van der Waals surface area contributed by atoms with E-state index >= 15 is 0 Å². The van der Waals surface area contributed by atoms with E-state index in [1.807, 2.05) is 45.0 Å². The summed E-state index contributed by atoms with van der Waals surface area (Å²) in [6, 6.07) is 8.00. The van der Waals surface area contributed by atoms with Crippen molar-refractivity contribution in [3.05, 3.63) is 29.8 Å². The van der Waals surface area contributed by atoms with Gasteiger partial charge >= 0.3 is 0 Å². The smallest absolute Gasteiger partial charge is 0.191 e. The van der Waals surface area contributed by atoms with Gasteiger partial charge in [0.2, 0.25) is 0 Å². The number of halogens is 1. The molecular formula is C16H28IN3O2. The third kappa shape index (κ3) is 7.31. The van der Waals surface area contributed by atoms with Gasteiger partial charge in [0.15, 0.2) is 5.96 Å². The molecule has 126 valence electrons. The first-order chi connectivity index (χ1) is 10.0. The Labute approximate surface area is 150 Å². The normalized spacial score (nSPS) is 11.6. The molecule has 0 atom stereocenters. The second kappa shape index (κ2) is 10.7. The zero-order valence-corrected chi connectivity index (χ0v) is 16.4. The van der Waals surface area contributed by atoms with E-state index in [4.69, 9.17) is 9.47 Å². The number of ether oxygens (including phenoxy) is 2. The second-order valence-electron chi connectivity index (χ2n) is 5.28. The van der Waals surface area contributed by atoms with Crippen molar-refractivity contribution >= 4 is 29.9 Å². The Bertz CT molecular complexity index is 464. The minimum absolute atomic E-state index is 0. The SMILES string of the molecule is CCOc1ccccc1CNC(=NC)NCC(C)(C)OC.I. The summed E-state index contributed by atoms with van der Waals surface area (Å²) >= 11 is 0. The number of nitrogens with one attached hydrogen (secondary N) is 2. The summed E-state index contributed by atoms with van der Waals surface area (Å²) in [6.45, 7) is 8.03. The largest absolute Gasteiger partial charge is 0.494 e. The molecule has 0 aromatic heterocycles. The minimum atomic E-state index is -0.235. The lowest BCUT2D eigenvalue weighted by molar-refractivity contribution is 0.0268. The molecule has 1 aromatic carbocycles. The van der Waals surface area contributed by atoms with Crippen LogP contribution in [0.1, 0.15) is 26.3 Å². The van der Waals surface area contributed by atoms with Gasteiger partial charge in [-0.15, -0.1) is 24.0 Å². The van der Waals surface area contributed by atoms with E-state index in [9.17, 15) is 0 Å². The van der Waals surface area contributed by atoms with E-state index < -0.39 is 0 Å². The monoisotopic (exact) mass is 421 g/mol. The summed E-state index contributed by atoms with van der Waals surface area (Å²) < 4.78 is 11.0. The molecule has 0 radical (unpaired) electrons. The predicted octanol–water partition coefficient (Wildman–Crippen LogP) is 2.79. The third-order valence-corrected chi connectivity index (χ3v) is 3.18. The van der Waals surface area contributed by atoms with Crippen molar-refractivity contribution in [2.75, 3.05) is 27.3 Å². The highest BCUT2D eigenvalue weighted by Gasteiger charge is 2.16. The molecule has 1 aromatic rings. The Morgan fingerprint density at radius 2 is 1.91 bits per heavy atom. The molecule has 0 unspecified atom stereocenters. The van der Waals surface area contributed by atoms with Crippen molar-refractivity contribution < 1.29 is 9.47 Å². The Kier molecular flexibility index (Phi) is 10.2. The minimum Gasteiger partial charge on any atom is -0.494 e. The summed E-state index contributed by atoms with van der Waals surface area (Å²) in [7, 11) is 3.46. The van der Waals surface area contributed by atoms with Crippen molar-refractivity contribution in [2.45, 2.75) is 32.9 Å². The Morgan fingerprint density at radius 3 is 2.50 bits per heavy atom. The molecule has 1 rings (SSSR count). The molecule has 0 aliphatic carbocycles. The highest BCUT2D eigenvalue weighted by atomic mass is 127. The van der Waals surface area contributed by atoms with E-state index in [2.05, 4.69) is 15.6 Å². The van der Waals surface area contributed by atoms with Crippen molar-refractivity contribution in [1.82, 2.24) is 10.6 Å². The predicted molar refractivity (Wildman–Crippen MR) is 102 cm³/mol. The van der Waals surface area contributed by atoms with Crippen LogP contribution in [0.25, 0.3) is 0 Å². The fraction of sp³-hybridized carbons (Fsp3) is 0.562. The summed E-state index contributed by atoms with van der Waals surface area (Å²) in [5.74, 6) is 1.65. The number of aliphatic imine (C=N–C) groups is 1. The van der Waals surface area contributed by atoms with Crippen molar-refractivity contribution in [3.63, 3.8) is 0 Å². The van der Waals surface area contributed by atoms with Crippen LogP contribution < -0.4 is 15.4 Å². The first-order valence-corrected chi connectivity index (χ1v) is 7.22. The Morgan fingerprint density at radius 1 is 1.23 bits per heavy atom. The number of methoxy groups -OCH3 is 1. The van der Waals surface area contributed by atoms with Crippen LogP contribution in [-0.4, -0.2) is 38.9 Å². The van der Waals surface area contributed by atoms with Gasteiger partial charge in [0.1, 0.15) is 5.75 Å². The number of rotatable bonds is 7. The van der Waals surface area contributed by atoms with E-state index in [1.165, 1.54) is 0 Å². The molecular weight excluding hydrogens is 393 g/mol. The maximum absolute atomic E-state index is 5.61. The van der Waals surface area contributed by atoms with Crippen LogP contribution in [0, 0.1) is 0 Å². The van der Waals surface area contributed by atoms with Gasteiger partial charge in [-0.2, -0.15) is 0 Å². The van der Waals surface area contributed by atoms with Gasteiger partial charge in [-0.25, -0.2) is 0 Å². The van der Waals surface area contributed by atoms with Gasteiger partial charge in [-0.3, -0.25) is 4.99 Å². The quantitative estimate of drug-likeness (QED) is 0.404. The number of hydrogen-bond acceptors (Lipinski definition) is 3. The lowest BCUT2D eigenvalue weighted by atomic mass is 10.1. The van der Waals surface area contributed by atoms with Crippen LogP contribution in [0.5, 0.6) is 5.75 Å². The fourth-order valence-electron chi connectivity index (χ4n) is 1.71. The number of hydrogen-bond donors (Lipinski definition) is 2. The average molecular weight is 421 g/mol. The van der Waals surface area contributed by atoms with Crippen LogP contribution in [0.4, 0.5) is 0 Å². The van der Waals surface area contributed by atoms with Crippen LogP contribution >= 0.6 is 24.0 Å². The Balaban J connectivity index is 0.00000441. The van der Waals surface area contributed by atoms with E-state index in [0.717, 1.165) is 17.3 Å². The van der Waals surface area contributed by atoms with Gasteiger partial charge in [-0.05, 0) is 26.8 Å². The molecule has 0 bridgehead atoms. The highest BCUT2D eigenvalue weighted by molar-refractivity contribution is 14.0. The molecule has 0 saturated heterocycles. The zero-order chi connectivity index (χ0) is 15.7. The molecule has 0 saturated carbocycles. The van der Waals surface area contributed by atoms with Crippen molar-refractivity contribution in [3.8, 4) is 5.75 Å². The van der Waals surface area contributed by atoms with Crippen LogP contribution in [-0.2, 0) is 11.3 Å². The molecule has 0 heterocycles. The Hall–Kier alpha value is -1.02. The van der Waals surface area contributed by atoms with Crippen LogP contribution in [0.15, 0.2) is 29.3 Å². The molecule has 22 heavy (non-hydrogen) atoms. The first kappa shape index (κ1) is 21.0. The van der Waals surface area contributed by atoms with Crippen molar-refractivity contribution in [2.24, 2.45) is 4.99 Å². The van der Waals surface area contributed by atoms with Crippen LogP contribution in [0.3, 0.4) is 0 Å². The number of nitrogens with zero attached hydrogens (tertiary/aromatic N) is 1. The number of guanidine groups is 1. The van der Waals surface area contributed by atoms with Gasteiger partial charge in [0.25, 0.3) is 0 Å². The maximum atomic E-state index is 5.61. The third-order valence-electron chi connectivity index (χ3n) is 3.18. The topological polar surface area (TPSA) is 54.9 Å². The van der Waals surface area contributed by atoms with Gasteiger partial charge in [0.05, 0.1) is 12.2 Å². The van der Waals surface area contributed by atoms with E-state index in [0.29, 0.717) is 19.7 Å². The lowest BCUT2D eigenvalue weighted by Crippen LogP contribution is -2.45. The molecule has 0 spiro atoms. The number of para-hydroxylation sites is 1. The first-order valence-electron chi connectivity index (χ1n) is 7.22. The molecule has 0 aliphatic heterocycles. The standard InChI is InChI=1S/C16H27N3O2.HI/c1-6-21-14-10-8-7-9-13(14)11-18-15(17-4)19-12-16(2,3)20-5;/h7-10H,6,11-12H2,1-5H3,(H2,17,18,19);1H. The molecule has 5 nitrogen and oxygen atoms in total. The lowest BCUT2D eigenvalue weighted by Gasteiger charge is -2.24. The summed E-state index contributed by atoms with van der Waals surface area (Å²) in [4.78, 5) is 4.21. The zero-order valence-electron chi connectivity index (χ0n) is 14.1. The fourth-order valence-corrected chi connectivity index (χ4v) is 1.71. The molecule has 0 fully saturated rings.